The molecule has 0 saturated carbocycles. The Morgan fingerprint density at radius 3 is 2.72 bits per heavy atom. The maximum Gasteiger partial charge on any atom is 0.119 e. The lowest BCUT2D eigenvalue weighted by Crippen LogP contribution is -2.13. The molecule has 0 amide bonds. The van der Waals surface area contributed by atoms with Crippen LogP contribution in [0, 0.1) is 5.92 Å². The Hall–Kier alpha value is -0.500. The number of alkyl halides is 1. The van der Waals surface area contributed by atoms with Gasteiger partial charge < -0.3 is 4.74 Å². The summed E-state index contributed by atoms with van der Waals surface area (Å²) in [5.41, 5.74) is 3.03. The van der Waals surface area contributed by atoms with E-state index < -0.39 is 0 Å². The number of rotatable bonds is 6. The number of benzene rings is 1. The molecular weight excluding hydrogens is 288 g/mol. The van der Waals surface area contributed by atoms with Gasteiger partial charge in [0.25, 0.3) is 0 Å². The minimum Gasteiger partial charge on any atom is -0.493 e. The van der Waals surface area contributed by atoms with Gasteiger partial charge in [0.15, 0.2) is 0 Å². The fourth-order valence-corrected chi connectivity index (χ4v) is 3.14. The topological polar surface area (TPSA) is 9.23 Å². The van der Waals surface area contributed by atoms with Crippen LogP contribution in [-0.2, 0) is 12.8 Å². The zero-order chi connectivity index (χ0) is 12.8. The molecule has 0 spiro atoms. The Morgan fingerprint density at radius 1 is 1.22 bits per heavy atom. The molecule has 18 heavy (non-hydrogen) atoms. The molecule has 2 heteroatoms. The molecule has 2 rings (SSSR count). The summed E-state index contributed by atoms with van der Waals surface area (Å²) in [6.45, 7) is 3.06. The van der Waals surface area contributed by atoms with E-state index in [0.29, 0.717) is 5.92 Å². The maximum atomic E-state index is 5.95. The quantitative estimate of drug-likeness (QED) is 0.689. The number of fused-ring (bicyclic) bond motifs is 1. The Bertz CT molecular complexity index is 375. The van der Waals surface area contributed by atoms with Gasteiger partial charge in [-0.25, -0.2) is 0 Å². The van der Waals surface area contributed by atoms with Crippen LogP contribution in [-0.4, -0.2) is 11.9 Å². The molecule has 1 aromatic rings. The first-order valence-corrected chi connectivity index (χ1v) is 8.26. The molecular formula is C16H23BrO. The highest BCUT2D eigenvalue weighted by Crippen LogP contribution is 2.25. The van der Waals surface area contributed by atoms with Crippen LogP contribution in [0.4, 0.5) is 0 Å². The fourth-order valence-electron chi connectivity index (χ4n) is 2.63. The summed E-state index contributed by atoms with van der Waals surface area (Å²) in [6, 6.07) is 6.65. The van der Waals surface area contributed by atoms with Crippen molar-refractivity contribution in [3.63, 3.8) is 0 Å². The van der Waals surface area contributed by atoms with Gasteiger partial charge in [-0.15, -0.1) is 0 Å². The van der Waals surface area contributed by atoms with Gasteiger partial charge in [0.05, 0.1) is 6.61 Å². The molecule has 0 saturated heterocycles. The molecule has 1 atom stereocenters. The molecule has 0 N–H and O–H groups in total. The van der Waals surface area contributed by atoms with E-state index >= 15 is 0 Å². The molecule has 1 nitrogen and oxygen atoms in total. The van der Waals surface area contributed by atoms with Crippen molar-refractivity contribution in [3.05, 3.63) is 29.3 Å². The summed E-state index contributed by atoms with van der Waals surface area (Å²) < 4.78 is 5.95. The van der Waals surface area contributed by atoms with Crippen LogP contribution in [0.25, 0.3) is 0 Å². The second kappa shape index (κ2) is 7.18. The predicted octanol–water partition coefficient (Wildman–Crippen LogP) is 4.76. The minimum atomic E-state index is 0.631. The van der Waals surface area contributed by atoms with Crippen molar-refractivity contribution in [2.75, 3.05) is 11.9 Å². The Kier molecular flexibility index (Phi) is 5.55. The first kappa shape index (κ1) is 13.9. The van der Waals surface area contributed by atoms with E-state index in [2.05, 4.69) is 41.1 Å². The normalized spacial score (nSPS) is 16.1. The number of ether oxygens (including phenoxy) is 1. The average molecular weight is 311 g/mol. The van der Waals surface area contributed by atoms with Crippen molar-refractivity contribution >= 4 is 15.9 Å². The summed E-state index contributed by atoms with van der Waals surface area (Å²) >= 11 is 3.57. The van der Waals surface area contributed by atoms with Gasteiger partial charge in [0, 0.05) is 11.2 Å². The van der Waals surface area contributed by atoms with Gasteiger partial charge in [-0.1, -0.05) is 35.3 Å². The molecule has 0 heterocycles. The van der Waals surface area contributed by atoms with E-state index in [1.165, 1.54) is 49.7 Å². The lowest BCUT2D eigenvalue weighted by atomic mass is 9.92. The summed E-state index contributed by atoms with van der Waals surface area (Å²) in [6.07, 6.45) is 7.60. The standard InChI is InChI=1S/C16H23BrO/c1-2-5-13(11-17)12-18-16-9-8-14-6-3-4-7-15(14)10-16/h8-10,13H,2-7,11-12H2,1H3. The zero-order valence-corrected chi connectivity index (χ0v) is 12.8. The summed E-state index contributed by atoms with van der Waals surface area (Å²) in [5, 5.41) is 1.03. The van der Waals surface area contributed by atoms with Gasteiger partial charge in [-0.3, -0.25) is 0 Å². The van der Waals surface area contributed by atoms with Crippen molar-refractivity contribution < 1.29 is 4.74 Å². The zero-order valence-electron chi connectivity index (χ0n) is 11.3. The van der Waals surface area contributed by atoms with E-state index in [4.69, 9.17) is 4.74 Å². The number of aryl methyl sites for hydroxylation is 2. The van der Waals surface area contributed by atoms with Crippen LogP contribution < -0.4 is 4.74 Å². The van der Waals surface area contributed by atoms with Gasteiger partial charge in [0.2, 0.25) is 0 Å². The highest BCUT2D eigenvalue weighted by molar-refractivity contribution is 9.09. The number of halogens is 1. The largest absolute Gasteiger partial charge is 0.493 e. The molecule has 1 aliphatic carbocycles. The van der Waals surface area contributed by atoms with E-state index in [9.17, 15) is 0 Å². The molecule has 1 unspecified atom stereocenters. The Labute approximate surface area is 119 Å². The third kappa shape index (κ3) is 3.74. The third-order valence-electron chi connectivity index (χ3n) is 3.72. The van der Waals surface area contributed by atoms with Gasteiger partial charge in [0.1, 0.15) is 5.75 Å². The summed E-state index contributed by atoms with van der Waals surface area (Å²) in [5.74, 6) is 1.68. The highest BCUT2D eigenvalue weighted by atomic mass is 79.9. The summed E-state index contributed by atoms with van der Waals surface area (Å²) in [4.78, 5) is 0. The first-order chi connectivity index (χ1) is 8.83. The molecule has 0 aliphatic heterocycles. The van der Waals surface area contributed by atoms with Crippen molar-refractivity contribution in [1.29, 1.82) is 0 Å². The third-order valence-corrected chi connectivity index (χ3v) is 4.64. The Morgan fingerprint density at radius 2 is 2.00 bits per heavy atom. The van der Waals surface area contributed by atoms with Crippen LogP contribution in [0.1, 0.15) is 43.7 Å². The average Bonchev–Trinajstić information content (AvgIpc) is 2.43. The molecule has 1 aromatic carbocycles. The molecule has 0 aromatic heterocycles. The van der Waals surface area contributed by atoms with Gasteiger partial charge in [-0.05, 0) is 55.4 Å². The summed E-state index contributed by atoms with van der Waals surface area (Å²) in [7, 11) is 0. The van der Waals surface area contributed by atoms with Crippen molar-refractivity contribution in [3.8, 4) is 5.75 Å². The molecule has 0 radical (unpaired) electrons. The van der Waals surface area contributed by atoms with Crippen LogP contribution in [0.15, 0.2) is 18.2 Å². The van der Waals surface area contributed by atoms with E-state index in [1.54, 1.807) is 0 Å². The smallest absolute Gasteiger partial charge is 0.119 e. The first-order valence-electron chi connectivity index (χ1n) is 7.14. The maximum absolute atomic E-state index is 5.95. The lowest BCUT2D eigenvalue weighted by molar-refractivity contribution is 0.255. The molecule has 0 fully saturated rings. The second-order valence-corrected chi connectivity index (χ2v) is 5.91. The second-order valence-electron chi connectivity index (χ2n) is 5.26. The molecule has 100 valence electrons. The van der Waals surface area contributed by atoms with Crippen LogP contribution in [0.5, 0.6) is 5.75 Å². The molecule has 1 aliphatic rings. The van der Waals surface area contributed by atoms with Crippen LogP contribution in [0.3, 0.4) is 0 Å². The SMILES string of the molecule is CCCC(CBr)COc1ccc2c(c1)CCCC2. The van der Waals surface area contributed by atoms with Crippen molar-refractivity contribution in [1.82, 2.24) is 0 Å². The molecule has 0 bridgehead atoms. The van der Waals surface area contributed by atoms with Crippen LogP contribution in [0.2, 0.25) is 0 Å². The highest BCUT2D eigenvalue weighted by Gasteiger charge is 2.11. The van der Waals surface area contributed by atoms with E-state index in [1.807, 2.05) is 0 Å². The van der Waals surface area contributed by atoms with Crippen molar-refractivity contribution in [2.24, 2.45) is 5.92 Å². The van der Waals surface area contributed by atoms with Crippen molar-refractivity contribution in [2.45, 2.75) is 45.4 Å². The fraction of sp³-hybridized carbons (Fsp3) is 0.625. The van der Waals surface area contributed by atoms with E-state index in [-0.39, 0.29) is 0 Å². The minimum absolute atomic E-state index is 0.631. The number of hydrogen-bond donors (Lipinski definition) is 0. The van der Waals surface area contributed by atoms with Crippen LogP contribution >= 0.6 is 15.9 Å². The Balaban J connectivity index is 1.93. The predicted molar refractivity (Wildman–Crippen MR) is 80.8 cm³/mol. The monoisotopic (exact) mass is 310 g/mol. The van der Waals surface area contributed by atoms with Gasteiger partial charge in [-0.2, -0.15) is 0 Å². The lowest BCUT2D eigenvalue weighted by Gasteiger charge is -2.18. The van der Waals surface area contributed by atoms with E-state index in [0.717, 1.165) is 17.7 Å². The number of hydrogen-bond acceptors (Lipinski definition) is 1. The van der Waals surface area contributed by atoms with Gasteiger partial charge >= 0.3 is 0 Å².